The van der Waals surface area contributed by atoms with Crippen molar-refractivity contribution >= 4 is 17.2 Å². The molecule has 2 heterocycles. The van der Waals surface area contributed by atoms with Gasteiger partial charge in [0.2, 0.25) is 5.91 Å². The van der Waals surface area contributed by atoms with Crippen molar-refractivity contribution < 1.29 is 9.90 Å². The van der Waals surface area contributed by atoms with Crippen LogP contribution >= 0.6 is 11.3 Å². The van der Waals surface area contributed by atoms with Gasteiger partial charge in [0.25, 0.3) is 0 Å². The molecule has 1 aliphatic heterocycles. The molecule has 0 bridgehead atoms. The first kappa shape index (κ1) is 19.9. The van der Waals surface area contributed by atoms with E-state index in [9.17, 15) is 4.79 Å². The molecular formula is C20H28N4O2S. The molecule has 1 saturated heterocycles. The number of aromatic nitrogens is 1. The van der Waals surface area contributed by atoms with Crippen LogP contribution in [0.15, 0.2) is 29.6 Å². The van der Waals surface area contributed by atoms with Gasteiger partial charge in [-0.1, -0.05) is 24.3 Å². The average molecular weight is 389 g/mol. The third-order valence-electron chi connectivity index (χ3n) is 4.95. The molecule has 7 heteroatoms. The van der Waals surface area contributed by atoms with Gasteiger partial charge in [0, 0.05) is 57.3 Å². The molecule has 3 rings (SSSR count). The summed E-state index contributed by atoms with van der Waals surface area (Å²) in [5.74, 6) is -0.0246. The Morgan fingerprint density at radius 2 is 1.93 bits per heavy atom. The lowest BCUT2D eigenvalue weighted by Crippen LogP contribution is -2.43. The number of carbonyl (C=O) groups is 1. The predicted octanol–water partition coefficient (Wildman–Crippen LogP) is 1.55. The molecule has 0 atom stereocenters. The van der Waals surface area contributed by atoms with Crippen LogP contribution in [0.2, 0.25) is 0 Å². The van der Waals surface area contributed by atoms with Gasteiger partial charge >= 0.3 is 0 Å². The topological polar surface area (TPSA) is 59.9 Å². The van der Waals surface area contributed by atoms with Gasteiger partial charge < -0.3 is 14.9 Å². The summed E-state index contributed by atoms with van der Waals surface area (Å²) < 4.78 is 0. The van der Waals surface area contributed by atoms with Crippen LogP contribution in [0.3, 0.4) is 0 Å². The largest absolute Gasteiger partial charge is 0.395 e. The van der Waals surface area contributed by atoms with Crippen LogP contribution in [-0.4, -0.2) is 84.1 Å². The minimum absolute atomic E-state index is 0.0228. The minimum Gasteiger partial charge on any atom is -0.395 e. The molecule has 0 unspecified atom stereocenters. The van der Waals surface area contributed by atoms with E-state index in [0.717, 1.165) is 49.0 Å². The van der Waals surface area contributed by atoms with Crippen LogP contribution in [0.1, 0.15) is 11.3 Å². The number of carbonyl (C=O) groups excluding carboxylic acids is 1. The van der Waals surface area contributed by atoms with Crippen LogP contribution in [0.4, 0.5) is 0 Å². The Morgan fingerprint density at radius 3 is 2.59 bits per heavy atom. The lowest BCUT2D eigenvalue weighted by molar-refractivity contribution is -0.129. The number of hydrogen-bond donors (Lipinski definition) is 1. The van der Waals surface area contributed by atoms with Gasteiger partial charge in [0.1, 0.15) is 5.01 Å². The lowest BCUT2D eigenvalue weighted by Gasteiger charge is -2.32. The highest BCUT2D eigenvalue weighted by Crippen LogP contribution is 2.25. The SMILES string of the molecule is CN1CCN(Cc2ccc(-c3nc(CC(=O)N(C)CCO)cs3)cc2)CC1. The smallest absolute Gasteiger partial charge is 0.228 e. The number of aliphatic hydroxyl groups is 1. The van der Waals surface area contributed by atoms with Crippen LogP contribution in [0.25, 0.3) is 10.6 Å². The standard InChI is InChI=1S/C20H28N4O2S/c1-22-7-9-24(10-8-22)14-16-3-5-17(6-4-16)20-21-18(15-27-20)13-19(26)23(2)11-12-25/h3-6,15,25H,7-14H2,1-2H3. The van der Waals surface area contributed by atoms with Crippen molar-refractivity contribution in [1.29, 1.82) is 0 Å². The van der Waals surface area contributed by atoms with Gasteiger partial charge in [-0.25, -0.2) is 4.98 Å². The molecule has 0 spiro atoms. The molecule has 0 saturated carbocycles. The van der Waals surface area contributed by atoms with Gasteiger partial charge in [-0.2, -0.15) is 0 Å². The van der Waals surface area contributed by atoms with Crippen LogP contribution in [-0.2, 0) is 17.8 Å². The summed E-state index contributed by atoms with van der Waals surface area (Å²) in [6.07, 6.45) is 0.272. The summed E-state index contributed by atoms with van der Waals surface area (Å²) in [6, 6.07) is 8.59. The Kier molecular flexibility index (Phi) is 6.95. The van der Waals surface area contributed by atoms with Crippen molar-refractivity contribution in [3.63, 3.8) is 0 Å². The highest BCUT2D eigenvalue weighted by Gasteiger charge is 2.15. The maximum Gasteiger partial charge on any atom is 0.228 e. The molecule has 1 N–H and O–H groups in total. The third-order valence-corrected chi connectivity index (χ3v) is 5.89. The number of amides is 1. The molecule has 27 heavy (non-hydrogen) atoms. The maximum atomic E-state index is 12.1. The molecule has 0 radical (unpaired) electrons. The lowest BCUT2D eigenvalue weighted by atomic mass is 10.1. The van der Waals surface area contributed by atoms with Gasteiger partial charge in [-0.3, -0.25) is 9.69 Å². The first-order chi connectivity index (χ1) is 13.0. The van der Waals surface area contributed by atoms with Crippen molar-refractivity contribution in [2.75, 3.05) is 53.4 Å². The molecule has 1 aromatic carbocycles. The average Bonchev–Trinajstić information content (AvgIpc) is 3.13. The number of hydrogen-bond acceptors (Lipinski definition) is 6. The number of likely N-dealkylation sites (N-methyl/N-ethyl adjacent to an activating group) is 2. The van der Waals surface area contributed by atoms with E-state index < -0.39 is 0 Å². The normalized spacial score (nSPS) is 15.8. The van der Waals surface area contributed by atoms with E-state index in [1.54, 1.807) is 18.4 Å². The second kappa shape index (κ2) is 9.41. The molecule has 0 aliphatic carbocycles. The Morgan fingerprint density at radius 1 is 1.22 bits per heavy atom. The fraction of sp³-hybridized carbons (Fsp3) is 0.500. The first-order valence-corrected chi connectivity index (χ1v) is 10.2. The van der Waals surface area contributed by atoms with Crippen LogP contribution in [0, 0.1) is 0 Å². The van der Waals surface area contributed by atoms with Crippen LogP contribution < -0.4 is 0 Å². The van der Waals surface area contributed by atoms with E-state index in [-0.39, 0.29) is 18.9 Å². The number of rotatable bonds is 7. The van der Waals surface area contributed by atoms with Gasteiger partial charge in [-0.05, 0) is 12.6 Å². The van der Waals surface area contributed by atoms with Crippen molar-refractivity contribution in [1.82, 2.24) is 19.7 Å². The Bertz CT molecular complexity index is 739. The quantitative estimate of drug-likeness (QED) is 0.780. The zero-order chi connectivity index (χ0) is 19.2. The summed E-state index contributed by atoms with van der Waals surface area (Å²) in [5, 5.41) is 11.8. The minimum atomic E-state index is -0.0246. The second-order valence-electron chi connectivity index (χ2n) is 7.14. The molecule has 1 fully saturated rings. The molecule has 1 aliphatic rings. The number of aliphatic hydroxyl groups excluding tert-OH is 1. The molecule has 6 nitrogen and oxygen atoms in total. The Balaban J connectivity index is 1.57. The van der Waals surface area contributed by atoms with E-state index >= 15 is 0 Å². The fourth-order valence-corrected chi connectivity index (χ4v) is 3.93. The molecule has 146 valence electrons. The summed E-state index contributed by atoms with van der Waals surface area (Å²) in [6.45, 7) is 5.82. The highest BCUT2D eigenvalue weighted by atomic mass is 32.1. The number of thiazole rings is 1. The predicted molar refractivity (Wildman–Crippen MR) is 109 cm³/mol. The second-order valence-corrected chi connectivity index (χ2v) is 7.99. The monoisotopic (exact) mass is 388 g/mol. The molecule has 1 aromatic heterocycles. The van der Waals surface area contributed by atoms with E-state index in [1.165, 1.54) is 10.5 Å². The highest BCUT2D eigenvalue weighted by molar-refractivity contribution is 7.13. The summed E-state index contributed by atoms with van der Waals surface area (Å²) in [7, 11) is 3.87. The number of benzene rings is 1. The summed E-state index contributed by atoms with van der Waals surface area (Å²) >= 11 is 1.56. The fourth-order valence-electron chi connectivity index (χ4n) is 3.10. The maximum absolute atomic E-state index is 12.1. The van der Waals surface area contributed by atoms with Crippen molar-refractivity contribution in [2.24, 2.45) is 0 Å². The number of piperazine rings is 1. The van der Waals surface area contributed by atoms with E-state index in [2.05, 4.69) is 46.1 Å². The summed E-state index contributed by atoms with van der Waals surface area (Å²) in [5.41, 5.74) is 3.19. The van der Waals surface area contributed by atoms with Gasteiger partial charge in [0.15, 0.2) is 0 Å². The zero-order valence-corrected chi connectivity index (χ0v) is 16.9. The van der Waals surface area contributed by atoms with Crippen molar-refractivity contribution in [3.05, 3.63) is 40.9 Å². The van der Waals surface area contributed by atoms with E-state index in [0.29, 0.717) is 6.54 Å². The number of nitrogens with zero attached hydrogens (tertiary/aromatic N) is 4. The van der Waals surface area contributed by atoms with E-state index in [4.69, 9.17) is 5.11 Å². The zero-order valence-electron chi connectivity index (χ0n) is 16.1. The van der Waals surface area contributed by atoms with E-state index in [1.807, 2.05) is 5.38 Å². The summed E-state index contributed by atoms with van der Waals surface area (Å²) in [4.78, 5) is 23.1. The third kappa shape index (κ3) is 5.59. The molecule has 1 amide bonds. The first-order valence-electron chi connectivity index (χ1n) is 9.34. The van der Waals surface area contributed by atoms with Gasteiger partial charge in [0.05, 0.1) is 18.7 Å². The van der Waals surface area contributed by atoms with Gasteiger partial charge in [-0.15, -0.1) is 11.3 Å². The molecule has 2 aromatic rings. The molecular weight excluding hydrogens is 360 g/mol. The Hall–Kier alpha value is -1.80. The van der Waals surface area contributed by atoms with Crippen molar-refractivity contribution in [3.8, 4) is 10.6 Å². The van der Waals surface area contributed by atoms with Crippen molar-refractivity contribution in [2.45, 2.75) is 13.0 Å². The van der Waals surface area contributed by atoms with Crippen LogP contribution in [0.5, 0.6) is 0 Å². The Labute approximate surface area is 165 Å².